The fourth-order valence-corrected chi connectivity index (χ4v) is 5.54. The molecular formula is C24H32ClN5O3. The Morgan fingerprint density at radius 3 is 2.85 bits per heavy atom. The fraction of sp³-hybridized carbons (Fsp3) is 0.625. The molecule has 8 nitrogen and oxygen atoms in total. The maximum atomic E-state index is 12.3. The molecule has 1 saturated heterocycles. The van der Waals surface area contributed by atoms with Crippen LogP contribution < -0.4 is 4.90 Å². The molecule has 0 bridgehead atoms. The van der Waals surface area contributed by atoms with Gasteiger partial charge < -0.3 is 19.3 Å². The van der Waals surface area contributed by atoms with Gasteiger partial charge >= 0.3 is 6.09 Å². The number of halogens is 1. The van der Waals surface area contributed by atoms with Gasteiger partial charge in [0.1, 0.15) is 0 Å². The van der Waals surface area contributed by atoms with Crippen LogP contribution in [-0.4, -0.2) is 59.2 Å². The van der Waals surface area contributed by atoms with Gasteiger partial charge in [-0.2, -0.15) is 5.10 Å². The smallest absolute Gasteiger partial charge is 0.409 e. The Kier molecular flexibility index (Phi) is 6.47. The quantitative estimate of drug-likeness (QED) is 0.653. The monoisotopic (exact) mass is 473 g/mol. The van der Waals surface area contributed by atoms with Crippen LogP contribution in [0.3, 0.4) is 0 Å². The van der Waals surface area contributed by atoms with E-state index in [1.807, 2.05) is 0 Å². The number of ether oxygens (including phenoxy) is 2. The highest BCUT2D eigenvalue weighted by atomic mass is 35.5. The number of aryl methyl sites for hydroxylation is 2. The van der Waals surface area contributed by atoms with E-state index >= 15 is 0 Å². The van der Waals surface area contributed by atoms with Gasteiger partial charge in [0.15, 0.2) is 5.82 Å². The minimum atomic E-state index is -0.293. The molecule has 0 unspecified atom stereocenters. The van der Waals surface area contributed by atoms with E-state index in [9.17, 15) is 4.79 Å². The Morgan fingerprint density at radius 1 is 1.27 bits per heavy atom. The molecule has 2 aromatic rings. The van der Waals surface area contributed by atoms with Gasteiger partial charge in [-0.15, -0.1) is 0 Å². The predicted octanol–water partition coefficient (Wildman–Crippen LogP) is 4.44. The zero-order chi connectivity index (χ0) is 22.9. The molecule has 2 aromatic heterocycles. The lowest BCUT2D eigenvalue weighted by Gasteiger charge is -2.32. The number of amides is 1. The summed E-state index contributed by atoms with van der Waals surface area (Å²) in [6, 6.07) is 2.39. The molecule has 0 atom stereocenters. The fourth-order valence-electron chi connectivity index (χ4n) is 5.30. The van der Waals surface area contributed by atoms with E-state index in [0.29, 0.717) is 19.1 Å². The third-order valence-electron chi connectivity index (χ3n) is 6.97. The van der Waals surface area contributed by atoms with Crippen molar-refractivity contribution in [2.45, 2.75) is 64.5 Å². The second kappa shape index (κ2) is 9.50. The molecule has 5 heterocycles. The molecule has 33 heavy (non-hydrogen) atoms. The highest BCUT2D eigenvalue weighted by Crippen LogP contribution is 2.40. The van der Waals surface area contributed by atoms with Crippen molar-refractivity contribution < 1.29 is 14.3 Å². The summed E-state index contributed by atoms with van der Waals surface area (Å²) in [5, 5.41) is 5.90. The van der Waals surface area contributed by atoms with Crippen molar-refractivity contribution in [1.29, 1.82) is 0 Å². The normalized spacial score (nSPS) is 18.8. The van der Waals surface area contributed by atoms with Crippen LogP contribution in [0.4, 0.5) is 16.3 Å². The van der Waals surface area contributed by atoms with Gasteiger partial charge in [0.2, 0.25) is 0 Å². The predicted molar refractivity (Wildman–Crippen MR) is 126 cm³/mol. The second-order valence-electron chi connectivity index (χ2n) is 9.07. The van der Waals surface area contributed by atoms with Crippen LogP contribution in [0.15, 0.2) is 6.07 Å². The number of rotatable bonds is 4. The largest absolute Gasteiger partial charge is 0.453 e. The highest BCUT2D eigenvalue weighted by Gasteiger charge is 2.34. The maximum absolute atomic E-state index is 12.3. The van der Waals surface area contributed by atoms with Crippen molar-refractivity contribution in [2.75, 3.05) is 38.3 Å². The van der Waals surface area contributed by atoms with E-state index in [4.69, 9.17) is 31.2 Å². The minimum Gasteiger partial charge on any atom is -0.453 e. The molecule has 0 radical (unpaired) electrons. The summed E-state index contributed by atoms with van der Waals surface area (Å²) in [6.45, 7) is 5.66. The number of hydrogen-bond donors (Lipinski definition) is 0. The first-order chi connectivity index (χ1) is 16.1. The Labute approximate surface area is 199 Å². The zero-order valence-corrected chi connectivity index (χ0v) is 20.2. The van der Waals surface area contributed by atoms with Crippen LogP contribution in [0.25, 0.3) is 0 Å². The van der Waals surface area contributed by atoms with Crippen LogP contribution in [0.1, 0.15) is 61.3 Å². The summed E-state index contributed by atoms with van der Waals surface area (Å²) in [4.78, 5) is 21.3. The summed E-state index contributed by atoms with van der Waals surface area (Å²) in [5.74, 6) is 0.923. The molecule has 0 aliphatic carbocycles. The Morgan fingerprint density at radius 2 is 2.09 bits per heavy atom. The first-order valence-electron chi connectivity index (χ1n) is 12.1. The lowest BCUT2D eigenvalue weighted by molar-refractivity contribution is 0.0649. The number of anilines is 2. The lowest BCUT2D eigenvalue weighted by atomic mass is 10.0. The molecule has 0 aromatic carbocycles. The number of aromatic nitrogens is 3. The first kappa shape index (κ1) is 22.5. The third-order valence-corrected chi connectivity index (χ3v) is 7.29. The van der Waals surface area contributed by atoms with Crippen molar-refractivity contribution in [1.82, 2.24) is 19.7 Å². The van der Waals surface area contributed by atoms with Crippen molar-refractivity contribution in [3.05, 3.63) is 33.7 Å². The molecule has 5 rings (SSSR count). The number of methoxy groups -OCH3 is 1. The van der Waals surface area contributed by atoms with Gasteiger partial charge in [0, 0.05) is 44.0 Å². The molecule has 178 valence electrons. The zero-order valence-electron chi connectivity index (χ0n) is 19.5. The number of carbonyl (C=O) groups is 1. The van der Waals surface area contributed by atoms with Crippen LogP contribution in [0, 0.1) is 0 Å². The van der Waals surface area contributed by atoms with E-state index in [1.165, 1.54) is 12.8 Å². The van der Waals surface area contributed by atoms with E-state index in [2.05, 4.69) is 22.6 Å². The Bertz CT molecular complexity index is 1030. The van der Waals surface area contributed by atoms with Crippen molar-refractivity contribution in [3.63, 3.8) is 0 Å². The van der Waals surface area contributed by atoms with E-state index in [1.54, 1.807) is 4.90 Å². The third kappa shape index (κ3) is 4.19. The second-order valence-corrected chi connectivity index (χ2v) is 9.47. The summed E-state index contributed by atoms with van der Waals surface area (Å²) in [6.07, 6.45) is 6.24. The number of fused-ring (bicyclic) bond motifs is 2. The standard InChI is InChI=1S/C24H32ClN5O3/c1-3-5-19-18(25)14-22-20(26-19)6-4-10-29(22)23-17-15-28(24(31)32-2)11-7-21(17)30(27-23)16-8-12-33-13-9-16/h14,16H,3-13,15H2,1-2H3. The average molecular weight is 474 g/mol. The average Bonchev–Trinajstić information content (AvgIpc) is 3.23. The number of hydrogen-bond acceptors (Lipinski definition) is 6. The van der Waals surface area contributed by atoms with E-state index in [-0.39, 0.29) is 6.09 Å². The number of nitrogens with zero attached hydrogens (tertiary/aromatic N) is 5. The van der Waals surface area contributed by atoms with Crippen molar-refractivity contribution in [2.24, 2.45) is 0 Å². The van der Waals surface area contributed by atoms with E-state index in [0.717, 1.165) is 98.2 Å². The van der Waals surface area contributed by atoms with Crippen molar-refractivity contribution in [3.8, 4) is 0 Å². The minimum absolute atomic E-state index is 0.293. The molecule has 0 N–H and O–H groups in total. The lowest BCUT2D eigenvalue weighted by Crippen LogP contribution is -2.37. The molecule has 1 fully saturated rings. The Balaban J connectivity index is 1.58. The summed E-state index contributed by atoms with van der Waals surface area (Å²) >= 11 is 6.65. The summed E-state index contributed by atoms with van der Waals surface area (Å²) in [5.41, 5.74) is 5.45. The van der Waals surface area contributed by atoms with E-state index < -0.39 is 0 Å². The highest BCUT2D eigenvalue weighted by molar-refractivity contribution is 6.31. The molecule has 0 saturated carbocycles. The van der Waals surface area contributed by atoms with Gasteiger partial charge in [-0.25, -0.2) is 4.79 Å². The number of pyridine rings is 1. The Hall–Kier alpha value is -2.32. The SMILES string of the molecule is CCCc1nc2c(cc1Cl)N(c1nn(C3CCOCC3)c3c1CN(C(=O)OC)CC3)CCC2. The molecule has 3 aliphatic heterocycles. The molecule has 3 aliphatic rings. The van der Waals surface area contributed by atoms with Gasteiger partial charge in [0.05, 0.1) is 41.8 Å². The van der Waals surface area contributed by atoms with Crippen LogP contribution in [-0.2, 0) is 35.3 Å². The van der Waals surface area contributed by atoms with Gasteiger partial charge in [0.25, 0.3) is 0 Å². The summed E-state index contributed by atoms with van der Waals surface area (Å²) < 4.78 is 12.8. The van der Waals surface area contributed by atoms with Gasteiger partial charge in [-0.3, -0.25) is 9.67 Å². The van der Waals surface area contributed by atoms with Crippen LogP contribution in [0.5, 0.6) is 0 Å². The topological polar surface area (TPSA) is 72.7 Å². The van der Waals surface area contributed by atoms with Crippen LogP contribution in [0.2, 0.25) is 5.02 Å². The first-order valence-corrected chi connectivity index (χ1v) is 12.4. The van der Waals surface area contributed by atoms with Crippen LogP contribution >= 0.6 is 11.6 Å². The van der Waals surface area contributed by atoms with Gasteiger partial charge in [-0.1, -0.05) is 24.9 Å². The molecular weight excluding hydrogens is 442 g/mol. The molecule has 1 amide bonds. The van der Waals surface area contributed by atoms with Gasteiger partial charge in [-0.05, 0) is 38.2 Å². The maximum Gasteiger partial charge on any atom is 0.409 e. The summed E-state index contributed by atoms with van der Waals surface area (Å²) in [7, 11) is 1.44. The molecule has 9 heteroatoms. The van der Waals surface area contributed by atoms with Crippen molar-refractivity contribution >= 4 is 29.2 Å². The number of carbonyl (C=O) groups excluding carboxylic acids is 1. The molecule has 0 spiro atoms.